The Kier molecular flexibility index (Phi) is 9.58. The van der Waals surface area contributed by atoms with Crippen LogP contribution in [0.4, 0.5) is 9.59 Å². The van der Waals surface area contributed by atoms with Crippen LogP contribution in [0.5, 0.6) is 11.5 Å². The molecule has 3 fully saturated rings. The molecule has 1 aromatic carbocycles. The maximum atomic E-state index is 13.3. The predicted octanol–water partition coefficient (Wildman–Crippen LogP) is 4.93. The molecule has 1 saturated heterocycles. The van der Waals surface area contributed by atoms with E-state index in [-0.39, 0.29) is 35.7 Å². The SMILES string of the molecule is CC(CCCCNC(=O)OC(C)(C)C)C(=O)CCCN(C)C(=O)Oc1ccc2c3c1O[C@H]1C(=O)CC[C@@]4(O)[C@@H](C2)N(CC2CC2)CC[C@]314. The summed E-state index contributed by atoms with van der Waals surface area (Å²) in [5.41, 5.74) is -0.503. The lowest BCUT2D eigenvalue weighted by Gasteiger charge is -2.62. The fourth-order valence-corrected chi connectivity index (χ4v) is 8.57. The van der Waals surface area contributed by atoms with Gasteiger partial charge in [0.05, 0.1) is 11.0 Å². The zero-order valence-electron chi connectivity index (χ0n) is 29.3. The molecule has 2 aliphatic heterocycles. The van der Waals surface area contributed by atoms with E-state index in [1.165, 1.54) is 17.7 Å². The number of nitrogens with one attached hydrogen (secondary N) is 1. The Morgan fingerprint density at radius 1 is 1.17 bits per heavy atom. The molecule has 48 heavy (non-hydrogen) atoms. The second kappa shape index (κ2) is 13.3. The van der Waals surface area contributed by atoms with Gasteiger partial charge in [0.1, 0.15) is 11.4 Å². The third-order valence-electron chi connectivity index (χ3n) is 11.3. The summed E-state index contributed by atoms with van der Waals surface area (Å²) in [7, 11) is 1.65. The molecule has 6 rings (SSSR count). The normalized spacial score (nSPS) is 27.8. The molecule has 2 heterocycles. The third-order valence-corrected chi connectivity index (χ3v) is 11.3. The molecule has 2 N–H and O–H groups in total. The number of rotatable bonds is 13. The highest BCUT2D eigenvalue weighted by Gasteiger charge is 2.73. The highest BCUT2D eigenvalue weighted by Crippen LogP contribution is 2.65. The van der Waals surface area contributed by atoms with Crippen molar-refractivity contribution in [2.24, 2.45) is 11.8 Å². The minimum absolute atomic E-state index is 0.00359. The number of ether oxygens (including phenoxy) is 3. The Bertz CT molecular complexity index is 1440. The van der Waals surface area contributed by atoms with Gasteiger partial charge in [-0.1, -0.05) is 19.4 Å². The molecular formula is C37H53N3O8. The van der Waals surface area contributed by atoms with Crippen molar-refractivity contribution in [2.45, 2.75) is 127 Å². The fraction of sp³-hybridized carbons (Fsp3) is 0.730. The molecule has 0 radical (unpaired) electrons. The van der Waals surface area contributed by atoms with Crippen molar-refractivity contribution in [3.63, 3.8) is 0 Å². The number of carbonyl (C=O) groups is 4. The largest absolute Gasteiger partial charge is 0.477 e. The summed E-state index contributed by atoms with van der Waals surface area (Å²) < 4.78 is 17.5. The number of Topliss-reactive ketones (excluding diaryl/α,β-unsaturated/α-hetero) is 2. The first-order valence-electron chi connectivity index (χ1n) is 18.0. The van der Waals surface area contributed by atoms with Gasteiger partial charge in [-0.15, -0.1) is 0 Å². The number of hydrogen-bond acceptors (Lipinski definition) is 9. The standard InChI is InChI=1S/C37H53N3O8/c1-23(9-6-7-18-38-33(43)48-35(2,3)4)26(41)10-8-19-39(5)34(44)46-28-14-13-25-21-29-37(45)16-15-27(42)32-36(37,30(25)31(28)47-32)17-20-40(29)22-24-11-12-24/h13-14,23-24,29,32,45H,6-12,15-22H2,1-5H3,(H,38,43)/t23?,29-,32+,36+,37-/m1/s1. The van der Waals surface area contributed by atoms with Gasteiger partial charge >= 0.3 is 12.2 Å². The molecule has 11 heteroatoms. The van der Waals surface area contributed by atoms with Gasteiger partial charge in [-0.3, -0.25) is 14.5 Å². The van der Waals surface area contributed by atoms with Crippen LogP contribution in [0.2, 0.25) is 0 Å². The topological polar surface area (TPSA) is 135 Å². The van der Waals surface area contributed by atoms with Crippen LogP contribution in [0, 0.1) is 11.8 Å². The van der Waals surface area contributed by atoms with E-state index in [0.29, 0.717) is 56.9 Å². The van der Waals surface area contributed by atoms with Crippen molar-refractivity contribution < 1.29 is 38.5 Å². The van der Waals surface area contributed by atoms with Crippen LogP contribution in [0.1, 0.15) is 103 Å². The monoisotopic (exact) mass is 667 g/mol. The minimum Gasteiger partial charge on any atom is -0.477 e. The smallest absolute Gasteiger partial charge is 0.415 e. The number of piperidine rings is 1. The van der Waals surface area contributed by atoms with Crippen molar-refractivity contribution >= 4 is 23.8 Å². The highest BCUT2D eigenvalue weighted by atomic mass is 16.6. The van der Waals surface area contributed by atoms with Crippen LogP contribution < -0.4 is 14.8 Å². The second-order valence-corrected chi connectivity index (χ2v) is 15.9. The first kappa shape index (κ1) is 34.7. The number of aliphatic hydroxyl groups is 1. The van der Waals surface area contributed by atoms with Crippen LogP contribution in [0.3, 0.4) is 0 Å². The Balaban J connectivity index is 1.02. The summed E-state index contributed by atoms with van der Waals surface area (Å²) in [6, 6.07) is 3.68. The van der Waals surface area contributed by atoms with E-state index < -0.39 is 34.9 Å². The van der Waals surface area contributed by atoms with Gasteiger partial charge in [0.25, 0.3) is 0 Å². The maximum absolute atomic E-state index is 13.3. The average molecular weight is 668 g/mol. The summed E-state index contributed by atoms with van der Waals surface area (Å²) in [6.45, 7) is 10.0. The molecule has 5 atom stereocenters. The summed E-state index contributed by atoms with van der Waals surface area (Å²) in [4.78, 5) is 55.0. The number of likely N-dealkylation sites (tertiary alicyclic amines) is 1. The van der Waals surface area contributed by atoms with Gasteiger partial charge in [-0.05, 0) is 96.2 Å². The molecule has 1 aromatic rings. The van der Waals surface area contributed by atoms with E-state index in [9.17, 15) is 24.3 Å². The molecule has 0 aromatic heterocycles. The number of amides is 2. The lowest BCUT2D eigenvalue weighted by atomic mass is 9.49. The Morgan fingerprint density at radius 3 is 2.67 bits per heavy atom. The molecule has 1 unspecified atom stereocenters. The molecule has 5 aliphatic rings. The van der Waals surface area contributed by atoms with Crippen LogP contribution >= 0.6 is 0 Å². The van der Waals surface area contributed by atoms with Crippen LogP contribution in [0.25, 0.3) is 0 Å². The van der Waals surface area contributed by atoms with Gasteiger partial charge < -0.3 is 29.5 Å². The number of carbonyl (C=O) groups excluding carboxylic acids is 4. The highest BCUT2D eigenvalue weighted by molar-refractivity contribution is 5.90. The summed E-state index contributed by atoms with van der Waals surface area (Å²) in [5.74, 6) is 1.44. The molecule has 2 amide bonds. The minimum atomic E-state index is -1.07. The summed E-state index contributed by atoms with van der Waals surface area (Å²) in [5, 5.41) is 15.2. The zero-order valence-corrected chi connectivity index (χ0v) is 29.3. The number of alkyl carbamates (subject to hydrolysis) is 1. The van der Waals surface area contributed by atoms with E-state index in [1.54, 1.807) is 13.1 Å². The Labute approximate surface area is 284 Å². The van der Waals surface area contributed by atoms with E-state index in [0.717, 1.165) is 43.5 Å². The maximum Gasteiger partial charge on any atom is 0.415 e. The zero-order chi connectivity index (χ0) is 34.4. The van der Waals surface area contributed by atoms with Crippen molar-refractivity contribution in [2.75, 3.05) is 33.2 Å². The Hall–Kier alpha value is -3.18. The lowest BCUT2D eigenvalue weighted by molar-refractivity contribution is -0.188. The van der Waals surface area contributed by atoms with E-state index >= 15 is 0 Å². The van der Waals surface area contributed by atoms with Crippen molar-refractivity contribution in [3.8, 4) is 11.5 Å². The third kappa shape index (κ3) is 6.56. The van der Waals surface area contributed by atoms with E-state index in [4.69, 9.17) is 14.2 Å². The molecule has 11 nitrogen and oxygen atoms in total. The van der Waals surface area contributed by atoms with E-state index in [2.05, 4.69) is 10.2 Å². The van der Waals surface area contributed by atoms with Gasteiger partial charge in [0.15, 0.2) is 23.4 Å². The number of nitrogens with zero attached hydrogens (tertiary/aromatic N) is 2. The van der Waals surface area contributed by atoms with Crippen molar-refractivity contribution in [1.82, 2.24) is 15.1 Å². The summed E-state index contributed by atoms with van der Waals surface area (Å²) >= 11 is 0. The number of benzene rings is 1. The molecule has 2 saturated carbocycles. The van der Waals surface area contributed by atoms with Gasteiger partial charge in [-0.25, -0.2) is 9.59 Å². The Morgan fingerprint density at radius 2 is 1.94 bits per heavy atom. The van der Waals surface area contributed by atoms with Crippen molar-refractivity contribution in [3.05, 3.63) is 23.3 Å². The second-order valence-electron chi connectivity index (χ2n) is 15.9. The molecule has 3 aliphatic carbocycles. The lowest BCUT2D eigenvalue weighted by Crippen LogP contribution is -2.76. The summed E-state index contributed by atoms with van der Waals surface area (Å²) in [6.07, 6.45) is 5.89. The first-order valence-corrected chi connectivity index (χ1v) is 18.0. The quantitative estimate of drug-likeness (QED) is 0.281. The number of ketones is 2. The first-order chi connectivity index (χ1) is 22.7. The fourth-order valence-electron chi connectivity index (χ4n) is 8.57. The predicted molar refractivity (Wildman–Crippen MR) is 178 cm³/mol. The molecule has 264 valence electrons. The number of unbranched alkanes of at least 4 members (excludes halogenated alkanes) is 1. The van der Waals surface area contributed by atoms with Crippen LogP contribution in [-0.4, -0.2) is 95.2 Å². The van der Waals surface area contributed by atoms with Crippen LogP contribution in [-0.2, 0) is 26.2 Å². The molecule has 2 bridgehead atoms. The van der Waals surface area contributed by atoms with Gasteiger partial charge in [-0.2, -0.15) is 0 Å². The molecular weight excluding hydrogens is 614 g/mol. The van der Waals surface area contributed by atoms with Crippen LogP contribution in [0.15, 0.2) is 12.1 Å². The van der Waals surface area contributed by atoms with Gasteiger partial charge in [0, 0.05) is 57.0 Å². The average Bonchev–Trinajstić information content (AvgIpc) is 3.76. The van der Waals surface area contributed by atoms with Crippen molar-refractivity contribution in [1.29, 1.82) is 0 Å². The van der Waals surface area contributed by atoms with E-state index in [1.807, 2.05) is 33.8 Å². The van der Waals surface area contributed by atoms with Gasteiger partial charge in [0.2, 0.25) is 0 Å². The number of hydrogen-bond donors (Lipinski definition) is 2. The molecule has 1 spiro atoms.